The van der Waals surface area contributed by atoms with Crippen molar-refractivity contribution in [3.63, 3.8) is 0 Å². The first kappa shape index (κ1) is 16.8. The van der Waals surface area contributed by atoms with Gasteiger partial charge in [0, 0.05) is 30.2 Å². The summed E-state index contributed by atoms with van der Waals surface area (Å²) >= 11 is 5.98. The van der Waals surface area contributed by atoms with Gasteiger partial charge in [0.2, 0.25) is 0 Å². The first-order valence-corrected chi connectivity index (χ1v) is 8.54. The summed E-state index contributed by atoms with van der Waals surface area (Å²) in [5.74, 6) is 0.947. The maximum Gasteiger partial charge on any atom is 0.261 e. The largest absolute Gasteiger partial charge is 0.480 e. The number of hydrogen-bond donors (Lipinski definition) is 1. The van der Waals surface area contributed by atoms with Gasteiger partial charge >= 0.3 is 0 Å². The molecule has 0 saturated heterocycles. The number of carbonyl (C=O) groups is 1. The van der Waals surface area contributed by atoms with Crippen molar-refractivity contribution < 1.29 is 9.53 Å². The van der Waals surface area contributed by atoms with Crippen molar-refractivity contribution in [1.29, 1.82) is 0 Å². The lowest BCUT2D eigenvalue weighted by molar-refractivity contribution is -0.127. The number of carbonyl (C=O) groups excluding carboxylic acids is 1. The Morgan fingerprint density at radius 1 is 1.46 bits per heavy atom. The number of nitrogens with zero attached hydrogens (tertiary/aromatic N) is 2. The molecule has 2 heterocycles. The SMILES string of the molecule is Cc1cc(C)n(CC(C)CNC(=O)C2Cc3cc(Cl)ccc3O2)n1. The monoisotopic (exact) mass is 347 g/mol. The predicted molar refractivity (Wildman–Crippen MR) is 93.4 cm³/mol. The van der Waals surface area contributed by atoms with E-state index in [-0.39, 0.29) is 11.8 Å². The summed E-state index contributed by atoms with van der Waals surface area (Å²) in [4.78, 5) is 12.3. The van der Waals surface area contributed by atoms with Crippen molar-refractivity contribution in [2.75, 3.05) is 6.54 Å². The third kappa shape index (κ3) is 3.73. The highest BCUT2D eigenvalue weighted by Crippen LogP contribution is 2.31. The molecule has 6 heteroatoms. The van der Waals surface area contributed by atoms with Crippen LogP contribution >= 0.6 is 11.6 Å². The number of benzene rings is 1. The normalized spacial score (nSPS) is 17.2. The summed E-state index contributed by atoms with van der Waals surface area (Å²) in [5, 5.41) is 8.10. The van der Waals surface area contributed by atoms with E-state index < -0.39 is 6.10 Å². The highest BCUT2D eigenvalue weighted by Gasteiger charge is 2.29. The molecule has 2 aromatic rings. The molecule has 1 N–H and O–H groups in total. The van der Waals surface area contributed by atoms with Crippen molar-refractivity contribution >= 4 is 17.5 Å². The van der Waals surface area contributed by atoms with Crippen LogP contribution in [0.15, 0.2) is 24.3 Å². The Bertz CT molecular complexity index is 757. The Morgan fingerprint density at radius 2 is 2.25 bits per heavy atom. The van der Waals surface area contributed by atoms with Gasteiger partial charge in [-0.3, -0.25) is 9.48 Å². The molecule has 1 aromatic carbocycles. The van der Waals surface area contributed by atoms with Gasteiger partial charge in [-0.1, -0.05) is 18.5 Å². The first-order chi connectivity index (χ1) is 11.4. The highest BCUT2D eigenvalue weighted by molar-refractivity contribution is 6.30. The number of ether oxygens (including phenoxy) is 1. The van der Waals surface area contributed by atoms with Crippen LogP contribution < -0.4 is 10.1 Å². The fraction of sp³-hybridized carbons (Fsp3) is 0.444. The van der Waals surface area contributed by atoms with E-state index in [1.165, 1.54) is 0 Å². The summed E-state index contributed by atoms with van der Waals surface area (Å²) in [6.07, 6.45) is 0.0902. The first-order valence-electron chi connectivity index (χ1n) is 8.16. The van der Waals surface area contributed by atoms with Crippen molar-refractivity contribution in [2.24, 2.45) is 5.92 Å². The molecule has 1 aromatic heterocycles. The van der Waals surface area contributed by atoms with E-state index in [0.717, 1.165) is 29.2 Å². The number of aryl methyl sites for hydroxylation is 2. The summed E-state index contributed by atoms with van der Waals surface area (Å²) in [5.41, 5.74) is 3.13. The number of nitrogens with one attached hydrogen (secondary N) is 1. The van der Waals surface area contributed by atoms with Crippen LogP contribution in [0.1, 0.15) is 23.9 Å². The van der Waals surface area contributed by atoms with Crippen LogP contribution in [0.25, 0.3) is 0 Å². The van der Waals surface area contributed by atoms with Gasteiger partial charge in [0.15, 0.2) is 6.10 Å². The Balaban J connectivity index is 1.50. The number of fused-ring (bicyclic) bond motifs is 1. The maximum atomic E-state index is 12.3. The van der Waals surface area contributed by atoms with Crippen LogP contribution in [-0.4, -0.2) is 28.3 Å². The minimum atomic E-state index is -0.473. The summed E-state index contributed by atoms with van der Waals surface area (Å²) in [6.45, 7) is 7.49. The van der Waals surface area contributed by atoms with E-state index in [9.17, 15) is 4.79 Å². The topological polar surface area (TPSA) is 56.2 Å². The fourth-order valence-corrected chi connectivity index (χ4v) is 3.17. The lowest BCUT2D eigenvalue weighted by atomic mass is 10.1. The third-order valence-corrected chi connectivity index (χ3v) is 4.44. The van der Waals surface area contributed by atoms with Gasteiger partial charge in [-0.05, 0) is 49.6 Å². The van der Waals surface area contributed by atoms with E-state index >= 15 is 0 Å². The quantitative estimate of drug-likeness (QED) is 0.904. The summed E-state index contributed by atoms with van der Waals surface area (Å²) < 4.78 is 7.69. The zero-order chi connectivity index (χ0) is 17.3. The van der Waals surface area contributed by atoms with Gasteiger partial charge < -0.3 is 10.1 Å². The van der Waals surface area contributed by atoms with Crippen LogP contribution in [-0.2, 0) is 17.8 Å². The molecule has 0 saturated carbocycles. The minimum absolute atomic E-state index is 0.0810. The standard InChI is InChI=1S/C18H22ClN3O2/c1-11(10-22-13(3)6-12(2)21-22)9-20-18(23)17-8-14-7-15(19)4-5-16(14)24-17/h4-7,11,17H,8-10H2,1-3H3,(H,20,23). The zero-order valence-electron chi connectivity index (χ0n) is 14.2. The van der Waals surface area contributed by atoms with E-state index in [1.54, 1.807) is 6.07 Å². The van der Waals surface area contributed by atoms with Crippen LogP contribution in [0.5, 0.6) is 5.75 Å². The number of aromatic nitrogens is 2. The fourth-order valence-electron chi connectivity index (χ4n) is 2.97. The Hall–Kier alpha value is -2.01. The van der Waals surface area contributed by atoms with Crippen LogP contribution in [0.4, 0.5) is 0 Å². The number of hydrogen-bond acceptors (Lipinski definition) is 3. The molecule has 1 amide bonds. The summed E-state index contributed by atoms with van der Waals surface area (Å²) in [7, 11) is 0. The predicted octanol–water partition coefficient (Wildman–Crippen LogP) is 2.91. The molecule has 3 rings (SSSR count). The third-order valence-electron chi connectivity index (χ3n) is 4.20. The molecule has 0 bridgehead atoms. The zero-order valence-corrected chi connectivity index (χ0v) is 14.9. The summed E-state index contributed by atoms with van der Waals surface area (Å²) in [6, 6.07) is 7.50. The van der Waals surface area contributed by atoms with Crippen molar-refractivity contribution in [3.8, 4) is 5.75 Å². The molecule has 0 spiro atoms. The molecule has 0 fully saturated rings. The van der Waals surface area contributed by atoms with Crippen LogP contribution in [0, 0.1) is 19.8 Å². The van der Waals surface area contributed by atoms with E-state index in [4.69, 9.17) is 16.3 Å². The molecule has 0 radical (unpaired) electrons. The molecule has 5 nitrogen and oxygen atoms in total. The number of halogens is 1. The minimum Gasteiger partial charge on any atom is -0.480 e. The Kier molecular flexibility index (Phi) is 4.81. The number of rotatable bonds is 5. The van der Waals surface area contributed by atoms with E-state index in [2.05, 4.69) is 23.4 Å². The lowest BCUT2D eigenvalue weighted by Gasteiger charge is -2.16. The highest BCUT2D eigenvalue weighted by atomic mass is 35.5. The lowest BCUT2D eigenvalue weighted by Crippen LogP contribution is -2.40. The van der Waals surface area contributed by atoms with Gasteiger partial charge in [-0.25, -0.2) is 0 Å². The molecule has 24 heavy (non-hydrogen) atoms. The molecule has 128 valence electrons. The Labute approximate surface area is 147 Å². The molecular weight excluding hydrogens is 326 g/mol. The molecule has 2 atom stereocenters. The Morgan fingerprint density at radius 3 is 2.96 bits per heavy atom. The van der Waals surface area contributed by atoms with Gasteiger partial charge in [0.1, 0.15) is 5.75 Å². The smallest absolute Gasteiger partial charge is 0.261 e. The van der Waals surface area contributed by atoms with Gasteiger partial charge in [0.05, 0.1) is 5.69 Å². The number of amides is 1. The average Bonchev–Trinajstić information content (AvgIpc) is 3.07. The van der Waals surface area contributed by atoms with Crippen molar-refractivity contribution in [1.82, 2.24) is 15.1 Å². The molecule has 1 aliphatic rings. The van der Waals surface area contributed by atoms with E-state index in [1.807, 2.05) is 30.7 Å². The maximum absolute atomic E-state index is 12.3. The van der Waals surface area contributed by atoms with Crippen LogP contribution in [0.3, 0.4) is 0 Å². The molecule has 1 aliphatic heterocycles. The van der Waals surface area contributed by atoms with E-state index in [0.29, 0.717) is 18.0 Å². The second kappa shape index (κ2) is 6.85. The van der Waals surface area contributed by atoms with Crippen LogP contribution in [0.2, 0.25) is 5.02 Å². The van der Waals surface area contributed by atoms with Gasteiger partial charge in [0.25, 0.3) is 5.91 Å². The molecule has 2 unspecified atom stereocenters. The molecule has 0 aliphatic carbocycles. The average molecular weight is 348 g/mol. The second-order valence-corrected chi connectivity index (χ2v) is 6.96. The van der Waals surface area contributed by atoms with Crippen molar-refractivity contribution in [3.05, 3.63) is 46.2 Å². The molecular formula is C18H22ClN3O2. The second-order valence-electron chi connectivity index (χ2n) is 6.52. The van der Waals surface area contributed by atoms with Crippen molar-refractivity contribution in [2.45, 2.75) is 39.8 Å². The van der Waals surface area contributed by atoms with Gasteiger partial charge in [-0.2, -0.15) is 5.10 Å². The van der Waals surface area contributed by atoms with Gasteiger partial charge in [-0.15, -0.1) is 0 Å².